The van der Waals surface area contributed by atoms with E-state index in [9.17, 15) is 5.11 Å². The SMILES string of the molecule is OC1CCC(CNC2CCCC(C3CC3)C2)CC1. The normalized spacial score (nSPS) is 41.8. The molecule has 0 radical (unpaired) electrons. The van der Waals surface area contributed by atoms with E-state index >= 15 is 0 Å². The van der Waals surface area contributed by atoms with Gasteiger partial charge in [-0.15, -0.1) is 0 Å². The van der Waals surface area contributed by atoms with Crippen LogP contribution in [0.25, 0.3) is 0 Å². The summed E-state index contributed by atoms with van der Waals surface area (Å²) in [5.74, 6) is 2.97. The Labute approximate surface area is 112 Å². The number of hydrogen-bond acceptors (Lipinski definition) is 2. The number of aliphatic hydroxyl groups excluding tert-OH is 1. The zero-order valence-corrected chi connectivity index (χ0v) is 11.6. The highest BCUT2D eigenvalue weighted by Crippen LogP contribution is 2.43. The lowest BCUT2D eigenvalue weighted by Gasteiger charge is -2.32. The van der Waals surface area contributed by atoms with Gasteiger partial charge in [-0.1, -0.05) is 12.8 Å². The van der Waals surface area contributed by atoms with Crippen molar-refractivity contribution in [1.29, 1.82) is 0 Å². The molecule has 18 heavy (non-hydrogen) atoms. The number of rotatable bonds is 4. The molecule has 0 amide bonds. The molecular formula is C16H29NO. The van der Waals surface area contributed by atoms with E-state index in [0.717, 1.165) is 36.6 Å². The lowest BCUT2D eigenvalue weighted by molar-refractivity contribution is 0.106. The Morgan fingerprint density at radius 1 is 0.833 bits per heavy atom. The highest BCUT2D eigenvalue weighted by atomic mass is 16.3. The Balaban J connectivity index is 1.37. The number of hydrogen-bond donors (Lipinski definition) is 2. The van der Waals surface area contributed by atoms with Crippen LogP contribution in [-0.4, -0.2) is 23.8 Å². The van der Waals surface area contributed by atoms with E-state index in [4.69, 9.17) is 0 Å². The largest absolute Gasteiger partial charge is 0.393 e. The maximum Gasteiger partial charge on any atom is 0.0540 e. The van der Waals surface area contributed by atoms with Crippen molar-refractivity contribution in [3.05, 3.63) is 0 Å². The maximum absolute atomic E-state index is 9.53. The van der Waals surface area contributed by atoms with Crippen LogP contribution < -0.4 is 5.32 Å². The molecule has 0 aromatic carbocycles. The Morgan fingerprint density at radius 2 is 1.61 bits per heavy atom. The van der Waals surface area contributed by atoms with Gasteiger partial charge in [0.05, 0.1) is 6.10 Å². The molecule has 3 rings (SSSR count). The van der Waals surface area contributed by atoms with Gasteiger partial charge in [-0.05, 0) is 75.7 Å². The molecule has 0 aromatic heterocycles. The van der Waals surface area contributed by atoms with E-state index in [1.54, 1.807) is 0 Å². The summed E-state index contributed by atoms with van der Waals surface area (Å²) in [6.45, 7) is 1.20. The fourth-order valence-corrected chi connectivity index (χ4v) is 4.09. The molecule has 3 aliphatic rings. The van der Waals surface area contributed by atoms with E-state index in [0.29, 0.717) is 0 Å². The second kappa shape index (κ2) is 5.92. The third kappa shape index (κ3) is 3.48. The van der Waals surface area contributed by atoms with Gasteiger partial charge in [-0.2, -0.15) is 0 Å². The minimum Gasteiger partial charge on any atom is -0.393 e. The molecule has 0 aromatic rings. The van der Waals surface area contributed by atoms with Gasteiger partial charge in [0.1, 0.15) is 0 Å². The van der Waals surface area contributed by atoms with Crippen LogP contribution in [-0.2, 0) is 0 Å². The third-order valence-electron chi connectivity index (χ3n) is 5.51. The molecule has 3 fully saturated rings. The van der Waals surface area contributed by atoms with Crippen LogP contribution in [0.5, 0.6) is 0 Å². The van der Waals surface area contributed by atoms with Crippen molar-refractivity contribution in [2.24, 2.45) is 17.8 Å². The smallest absolute Gasteiger partial charge is 0.0540 e. The molecule has 2 N–H and O–H groups in total. The van der Waals surface area contributed by atoms with Crippen LogP contribution in [0.4, 0.5) is 0 Å². The monoisotopic (exact) mass is 251 g/mol. The van der Waals surface area contributed by atoms with E-state index in [-0.39, 0.29) is 6.10 Å². The van der Waals surface area contributed by atoms with Gasteiger partial charge in [0, 0.05) is 6.04 Å². The molecule has 2 nitrogen and oxygen atoms in total. The van der Waals surface area contributed by atoms with E-state index in [1.165, 1.54) is 57.9 Å². The molecule has 3 saturated carbocycles. The van der Waals surface area contributed by atoms with E-state index in [1.807, 2.05) is 0 Å². The van der Waals surface area contributed by atoms with Crippen molar-refractivity contribution in [3.63, 3.8) is 0 Å². The average molecular weight is 251 g/mol. The number of nitrogens with one attached hydrogen (secondary N) is 1. The Morgan fingerprint density at radius 3 is 2.33 bits per heavy atom. The lowest BCUT2D eigenvalue weighted by atomic mass is 9.82. The first-order valence-corrected chi connectivity index (χ1v) is 8.22. The second-order valence-corrected chi connectivity index (χ2v) is 7.04. The van der Waals surface area contributed by atoms with Gasteiger partial charge in [0.15, 0.2) is 0 Å². The van der Waals surface area contributed by atoms with Crippen LogP contribution in [0.1, 0.15) is 64.2 Å². The molecule has 2 heteroatoms. The molecule has 0 saturated heterocycles. The fourth-order valence-electron chi connectivity index (χ4n) is 4.09. The molecular weight excluding hydrogens is 222 g/mol. The van der Waals surface area contributed by atoms with Crippen LogP contribution >= 0.6 is 0 Å². The minimum absolute atomic E-state index is 0.00447. The maximum atomic E-state index is 9.53. The standard InChI is InChI=1S/C16H29NO/c18-16-8-4-12(5-9-16)11-17-15-3-1-2-14(10-15)13-6-7-13/h12-18H,1-11H2. The van der Waals surface area contributed by atoms with Crippen molar-refractivity contribution in [1.82, 2.24) is 5.32 Å². The van der Waals surface area contributed by atoms with Gasteiger partial charge in [-0.3, -0.25) is 0 Å². The molecule has 0 bridgehead atoms. The molecule has 3 aliphatic carbocycles. The highest BCUT2D eigenvalue weighted by Gasteiger charge is 2.34. The zero-order chi connectivity index (χ0) is 12.4. The van der Waals surface area contributed by atoms with Gasteiger partial charge < -0.3 is 10.4 Å². The second-order valence-electron chi connectivity index (χ2n) is 7.04. The first-order chi connectivity index (χ1) is 8.81. The van der Waals surface area contributed by atoms with Gasteiger partial charge in [0.2, 0.25) is 0 Å². The molecule has 2 unspecified atom stereocenters. The van der Waals surface area contributed by atoms with E-state index in [2.05, 4.69) is 5.32 Å². The molecule has 0 heterocycles. The summed E-state index contributed by atoms with van der Waals surface area (Å²) in [5, 5.41) is 13.4. The minimum atomic E-state index is -0.00447. The summed E-state index contributed by atoms with van der Waals surface area (Å²) in [6.07, 6.45) is 13.3. The van der Waals surface area contributed by atoms with Gasteiger partial charge in [-0.25, -0.2) is 0 Å². The summed E-state index contributed by atoms with van der Waals surface area (Å²) in [5.41, 5.74) is 0. The molecule has 104 valence electrons. The van der Waals surface area contributed by atoms with Crippen LogP contribution in [0.3, 0.4) is 0 Å². The van der Waals surface area contributed by atoms with Crippen LogP contribution in [0.2, 0.25) is 0 Å². The van der Waals surface area contributed by atoms with Crippen molar-refractivity contribution in [2.45, 2.75) is 76.4 Å². The van der Waals surface area contributed by atoms with Crippen LogP contribution in [0.15, 0.2) is 0 Å². The predicted octanol–water partition coefficient (Wildman–Crippen LogP) is 3.10. The Hall–Kier alpha value is -0.0800. The van der Waals surface area contributed by atoms with Crippen molar-refractivity contribution >= 4 is 0 Å². The summed E-state index contributed by atoms with van der Waals surface area (Å²) in [7, 11) is 0. The summed E-state index contributed by atoms with van der Waals surface area (Å²) < 4.78 is 0. The molecule has 0 aliphatic heterocycles. The van der Waals surface area contributed by atoms with Crippen LogP contribution in [0, 0.1) is 17.8 Å². The van der Waals surface area contributed by atoms with E-state index < -0.39 is 0 Å². The molecule has 2 atom stereocenters. The molecule has 0 spiro atoms. The zero-order valence-electron chi connectivity index (χ0n) is 11.6. The Bertz CT molecular complexity index is 256. The van der Waals surface area contributed by atoms with Crippen molar-refractivity contribution in [2.75, 3.05) is 6.54 Å². The highest BCUT2D eigenvalue weighted by molar-refractivity contribution is 4.88. The summed E-state index contributed by atoms with van der Waals surface area (Å²) in [6, 6.07) is 0.802. The van der Waals surface area contributed by atoms with Crippen molar-refractivity contribution in [3.8, 4) is 0 Å². The first-order valence-electron chi connectivity index (χ1n) is 8.22. The van der Waals surface area contributed by atoms with Crippen molar-refractivity contribution < 1.29 is 5.11 Å². The first kappa shape index (κ1) is 12.9. The topological polar surface area (TPSA) is 32.3 Å². The lowest BCUT2D eigenvalue weighted by Crippen LogP contribution is -2.38. The fraction of sp³-hybridized carbons (Fsp3) is 1.00. The predicted molar refractivity (Wildman–Crippen MR) is 74.4 cm³/mol. The third-order valence-corrected chi connectivity index (χ3v) is 5.51. The summed E-state index contributed by atoms with van der Waals surface area (Å²) in [4.78, 5) is 0. The Kier molecular flexibility index (Phi) is 4.25. The quantitative estimate of drug-likeness (QED) is 0.804. The average Bonchev–Trinajstić information content (AvgIpc) is 3.23. The number of aliphatic hydroxyl groups is 1. The summed E-state index contributed by atoms with van der Waals surface area (Å²) >= 11 is 0. The van der Waals surface area contributed by atoms with Gasteiger partial charge >= 0.3 is 0 Å². The van der Waals surface area contributed by atoms with Gasteiger partial charge in [0.25, 0.3) is 0 Å².